The molecule has 2 aromatic heterocycles. The lowest BCUT2D eigenvalue weighted by Gasteiger charge is -2.09. The zero-order valence-electron chi connectivity index (χ0n) is 18.3. The first-order chi connectivity index (χ1) is 15.5. The minimum atomic E-state index is -0.0602. The number of fused-ring (bicyclic) bond motifs is 3. The van der Waals surface area contributed by atoms with Crippen molar-refractivity contribution in [2.45, 2.75) is 33.7 Å². The van der Waals surface area contributed by atoms with Crippen LogP contribution < -0.4 is 5.43 Å². The van der Waals surface area contributed by atoms with Gasteiger partial charge < -0.3 is 4.57 Å². The van der Waals surface area contributed by atoms with Crippen LogP contribution in [0.1, 0.15) is 35.1 Å². The van der Waals surface area contributed by atoms with Crippen molar-refractivity contribution >= 4 is 32.7 Å². The zero-order valence-corrected chi connectivity index (χ0v) is 18.3. The van der Waals surface area contributed by atoms with Crippen molar-refractivity contribution in [3.05, 3.63) is 93.0 Å². The largest absolute Gasteiger partial charge is 0.308 e. The first-order valence-electron chi connectivity index (χ1n) is 10.7. The van der Waals surface area contributed by atoms with E-state index >= 15 is 0 Å². The smallest absolute Gasteiger partial charge is 0.194 e. The van der Waals surface area contributed by atoms with Gasteiger partial charge in [0.25, 0.3) is 0 Å². The molecule has 0 atom stereocenters. The van der Waals surface area contributed by atoms with Crippen molar-refractivity contribution in [3.8, 4) is 6.07 Å². The average molecular weight is 419 g/mol. The van der Waals surface area contributed by atoms with Gasteiger partial charge in [-0.3, -0.25) is 4.79 Å². The number of aryl methyl sites for hydroxylation is 3. The van der Waals surface area contributed by atoms with Crippen LogP contribution in [0.3, 0.4) is 0 Å². The van der Waals surface area contributed by atoms with Crippen molar-refractivity contribution in [1.29, 1.82) is 5.26 Å². The summed E-state index contributed by atoms with van der Waals surface area (Å²) in [5.41, 5.74) is 5.26. The van der Waals surface area contributed by atoms with Crippen LogP contribution in [0.4, 0.5) is 0 Å². The number of aromatic nitrogens is 3. The minimum Gasteiger partial charge on any atom is -0.308 e. The maximum Gasteiger partial charge on any atom is 0.194 e. The molecule has 0 amide bonds. The van der Waals surface area contributed by atoms with E-state index in [0.29, 0.717) is 28.3 Å². The molecule has 0 unspecified atom stereocenters. The molecule has 0 bridgehead atoms. The number of hydrogen-bond acceptors (Lipinski definition) is 4. The molecule has 3 aromatic carbocycles. The molecule has 0 fully saturated rings. The summed E-state index contributed by atoms with van der Waals surface area (Å²) in [5.74, 6) is 0.963. The van der Waals surface area contributed by atoms with Gasteiger partial charge in [-0.1, -0.05) is 43.3 Å². The number of pyridine rings is 1. The fraction of sp³-hybridized carbons (Fsp3) is 0.185. The molecule has 5 rings (SSSR count). The van der Waals surface area contributed by atoms with E-state index in [1.807, 2.05) is 55.5 Å². The van der Waals surface area contributed by atoms with Gasteiger partial charge in [-0.15, -0.1) is 0 Å². The van der Waals surface area contributed by atoms with Crippen LogP contribution in [0.2, 0.25) is 0 Å². The molecule has 32 heavy (non-hydrogen) atoms. The van der Waals surface area contributed by atoms with E-state index in [9.17, 15) is 10.1 Å². The molecule has 5 aromatic rings. The van der Waals surface area contributed by atoms with Gasteiger partial charge in [-0.05, 0) is 48.6 Å². The lowest BCUT2D eigenvalue weighted by molar-refractivity contribution is 0.746. The Morgan fingerprint density at radius 1 is 0.969 bits per heavy atom. The van der Waals surface area contributed by atoms with Crippen LogP contribution in [0.5, 0.6) is 0 Å². The van der Waals surface area contributed by atoms with Crippen LogP contribution in [0, 0.1) is 25.2 Å². The van der Waals surface area contributed by atoms with Crippen molar-refractivity contribution in [2.75, 3.05) is 0 Å². The van der Waals surface area contributed by atoms with Gasteiger partial charge in [0.15, 0.2) is 11.1 Å². The Kier molecular flexibility index (Phi) is 4.71. The predicted molar refractivity (Wildman–Crippen MR) is 128 cm³/mol. The normalized spacial score (nSPS) is 11.3. The third-order valence-electron chi connectivity index (χ3n) is 6.00. The summed E-state index contributed by atoms with van der Waals surface area (Å²) >= 11 is 0. The summed E-state index contributed by atoms with van der Waals surface area (Å²) in [6, 6.07) is 19.3. The maximum atomic E-state index is 13.4. The highest BCUT2D eigenvalue weighted by Gasteiger charge is 2.15. The van der Waals surface area contributed by atoms with Crippen LogP contribution in [0.15, 0.2) is 59.4 Å². The monoisotopic (exact) mass is 418 g/mol. The third kappa shape index (κ3) is 3.12. The Balaban J connectivity index is 1.76. The summed E-state index contributed by atoms with van der Waals surface area (Å²) in [6.07, 6.45) is 0.785. The number of nitrogens with zero attached hydrogens (tertiary/aromatic N) is 4. The van der Waals surface area contributed by atoms with Gasteiger partial charge in [0.05, 0.1) is 18.2 Å². The SMILES string of the molecule is CCc1nc2c(C)cc(C)nc2n1Cc1ccc2c(C#N)cc3ccccc3c(=O)c2c1. The second-order valence-electron chi connectivity index (χ2n) is 8.19. The summed E-state index contributed by atoms with van der Waals surface area (Å²) in [6.45, 7) is 6.69. The molecular weight excluding hydrogens is 396 g/mol. The van der Waals surface area contributed by atoms with Gasteiger partial charge >= 0.3 is 0 Å². The lowest BCUT2D eigenvalue weighted by Crippen LogP contribution is -2.07. The molecule has 5 heteroatoms. The first-order valence-corrected chi connectivity index (χ1v) is 10.7. The van der Waals surface area contributed by atoms with Crippen LogP contribution in [-0.2, 0) is 13.0 Å². The molecule has 0 saturated heterocycles. The van der Waals surface area contributed by atoms with E-state index in [1.165, 1.54) is 0 Å². The van der Waals surface area contributed by atoms with Crippen LogP contribution in [0.25, 0.3) is 32.7 Å². The predicted octanol–water partition coefficient (Wildman–Crippen LogP) is 5.20. The van der Waals surface area contributed by atoms with Crippen molar-refractivity contribution < 1.29 is 0 Å². The number of imidazole rings is 1. The van der Waals surface area contributed by atoms with Gasteiger partial charge in [0, 0.05) is 28.3 Å². The fourth-order valence-electron chi connectivity index (χ4n) is 4.48. The molecule has 0 N–H and O–H groups in total. The Hall–Kier alpha value is -4.04. The summed E-state index contributed by atoms with van der Waals surface area (Å²) in [7, 11) is 0. The Labute approximate surface area is 185 Å². The molecule has 0 radical (unpaired) electrons. The Bertz CT molecular complexity index is 1640. The van der Waals surface area contributed by atoms with E-state index in [4.69, 9.17) is 9.97 Å². The fourth-order valence-corrected chi connectivity index (χ4v) is 4.48. The summed E-state index contributed by atoms with van der Waals surface area (Å²) in [4.78, 5) is 23.0. The number of rotatable bonds is 3. The van der Waals surface area contributed by atoms with Gasteiger partial charge in [-0.25, -0.2) is 9.97 Å². The number of nitriles is 1. The van der Waals surface area contributed by atoms with Crippen molar-refractivity contribution in [3.63, 3.8) is 0 Å². The summed E-state index contributed by atoms with van der Waals surface area (Å²) in [5, 5.41) is 12.4. The highest BCUT2D eigenvalue weighted by atomic mass is 16.1. The van der Waals surface area contributed by atoms with E-state index < -0.39 is 0 Å². The number of hydrogen-bond donors (Lipinski definition) is 0. The molecule has 0 aliphatic carbocycles. The maximum absolute atomic E-state index is 13.4. The first kappa shape index (κ1) is 19.9. The summed E-state index contributed by atoms with van der Waals surface area (Å²) < 4.78 is 2.13. The zero-order chi connectivity index (χ0) is 22.4. The Morgan fingerprint density at radius 2 is 1.78 bits per heavy atom. The van der Waals surface area contributed by atoms with Gasteiger partial charge in [0.2, 0.25) is 0 Å². The molecule has 2 heterocycles. The molecule has 0 spiro atoms. The van der Waals surface area contributed by atoms with Crippen LogP contribution in [-0.4, -0.2) is 14.5 Å². The second kappa shape index (κ2) is 7.58. The highest BCUT2D eigenvalue weighted by molar-refractivity contribution is 5.97. The van der Waals surface area contributed by atoms with Gasteiger partial charge in [0.1, 0.15) is 11.3 Å². The van der Waals surface area contributed by atoms with E-state index in [-0.39, 0.29) is 5.43 Å². The quantitative estimate of drug-likeness (QED) is 0.404. The third-order valence-corrected chi connectivity index (χ3v) is 6.00. The van der Waals surface area contributed by atoms with Crippen LogP contribution >= 0.6 is 0 Å². The molecule has 0 aliphatic rings. The average Bonchev–Trinajstić information content (AvgIpc) is 3.09. The Morgan fingerprint density at radius 3 is 2.56 bits per heavy atom. The standard InChI is InChI=1S/C27H22N4O/c1-4-24-30-25-16(2)11-17(3)29-27(25)31(24)15-18-9-10-21-20(14-28)13-19-7-5-6-8-22(19)26(32)23(21)12-18/h5-13H,4,15H2,1-3H3. The van der Waals surface area contributed by atoms with E-state index in [0.717, 1.165) is 45.6 Å². The minimum absolute atomic E-state index is 0.0602. The second-order valence-corrected chi connectivity index (χ2v) is 8.19. The molecule has 0 saturated carbocycles. The topological polar surface area (TPSA) is 71.6 Å². The van der Waals surface area contributed by atoms with Crippen molar-refractivity contribution in [2.24, 2.45) is 0 Å². The molecule has 156 valence electrons. The van der Waals surface area contributed by atoms with Crippen molar-refractivity contribution in [1.82, 2.24) is 14.5 Å². The number of benzene rings is 2. The molecular formula is C27H22N4O. The van der Waals surface area contributed by atoms with Gasteiger partial charge in [-0.2, -0.15) is 5.26 Å². The molecule has 0 aliphatic heterocycles. The molecule has 5 nitrogen and oxygen atoms in total. The highest BCUT2D eigenvalue weighted by Crippen LogP contribution is 2.24. The lowest BCUT2D eigenvalue weighted by atomic mass is 10.1. The van der Waals surface area contributed by atoms with E-state index in [1.54, 1.807) is 6.07 Å². The van der Waals surface area contributed by atoms with E-state index in [2.05, 4.69) is 24.5 Å².